The van der Waals surface area contributed by atoms with Crippen LogP contribution in [0.25, 0.3) is 0 Å². The minimum Gasteiger partial charge on any atom is -0.465 e. The molecule has 1 aromatic rings. The summed E-state index contributed by atoms with van der Waals surface area (Å²) in [6, 6.07) is 5.72. The van der Waals surface area contributed by atoms with Gasteiger partial charge in [0.2, 0.25) is 5.91 Å². The summed E-state index contributed by atoms with van der Waals surface area (Å²) in [4.78, 5) is 26.1. The molecular formula is C17H21NO3. The molecule has 0 bridgehead atoms. The second kappa shape index (κ2) is 5.17. The molecule has 1 fully saturated rings. The lowest BCUT2D eigenvalue weighted by Crippen LogP contribution is -2.49. The number of methoxy groups -OCH3 is 1. The van der Waals surface area contributed by atoms with E-state index >= 15 is 0 Å². The van der Waals surface area contributed by atoms with Crippen LogP contribution in [0.15, 0.2) is 18.2 Å². The van der Waals surface area contributed by atoms with Crippen LogP contribution in [-0.2, 0) is 22.4 Å². The molecule has 0 N–H and O–H groups in total. The largest absolute Gasteiger partial charge is 0.465 e. The highest BCUT2D eigenvalue weighted by molar-refractivity contribution is 5.90. The predicted molar refractivity (Wildman–Crippen MR) is 79.1 cm³/mol. The fraction of sp³-hybridized carbons (Fsp3) is 0.529. The Bertz CT molecular complexity index is 596. The van der Waals surface area contributed by atoms with Crippen LogP contribution < -0.4 is 0 Å². The van der Waals surface area contributed by atoms with Crippen LogP contribution in [0.2, 0.25) is 0 Å². The number of hydrogen-bond donors (Lipinski definition) is 0. The van der Waals surface area contributed by atoms with Gasteiger partial charge >= 0.3 is 5.97 Å². The number of likely N-dealkylation sites (tertiary alicyclic amines) is 1. The number of piperidine rings is 1. The number of benzene rings is 1. The Labute approximate surface area is 125 Å². The second-order valence-corrected chi connectivity index (χ2v) is 6.26. The summed E-state index contributed by atoms with van der Waals surface area (Å²) in [5.41, 5.74) is 2.77. The maximum Gasteiger partial charge on any atom is 0.337 e. The highest BCUT2D eigenvalue weighted by atomic mass is 16.5. The fourth-order valence-corrected chi connectivity index (χ4v) is 3.77. The highest BCUT2D eigenvalue weighted by Crippen LogP contribution is 2.43. The zero-order valence-electron chi connectivity index (χ0n) is 12.6. The number of nitrogens with zero attached hydrogens (tertiary/aromatic N) is 1. The van der Waals surface area contributed by atoms with Gasteiger partial charge in [-0.2, -0.15) is 0 Å². The van der Waals surface area contributed by atoms with Gasteiger partial charge in [-0.25, -0.2) is 4.79 Å². The first-order valence-corrected chi connectivity index (χ1v) is 7.51. The van der Waals surface area contributed by atoms with Gasteiger partial charge < -0.3 is 9.64 Å². The van der Waals surface area contributed by atoms with E-state index in [1.54, 1.807) is 6.07 Å². The first kappa shape index (κ1) is 14.1. The van der Waals surface area contributed by atoms with Crippen LogP contribution in [0, 0.1) is 5.41 Å². The number of hydrogen-bond acceptors (Lipinski definition) is 3. The molecule has 1 amide bonds. The molecule has 1 saturated heterocycles. The van der Waals surface area contributed by atoms with Crippen molar-refractivity contribution in [2.45, 2.75) is 32.1 Å². The molecule has 1 atom stereocenters. The van der Waals surface area contributed by atoms with Gasteiger partial charge in [0.1, 0.15) is 0 Å². The zero-order chi connectivity index (χ0) is 15.0. The van der Waals surface area contributed by atoms with Gasteiger partial charge in [0, 0.05) is 13.6 Å². The Morgan fingerprint density at radius 3 is 2.86 bits per heavy atom. The molecule has 1 aliphatic carbocycles. The van der Waals surface area contributed by atoms with Crippen LogP contribution in [0.3, 0.4) is 0 Å². The SMILES string of the molecule is COC(=O)c1ccc2c(c1)CCC1(CCCN(C)C1=O)C2. The molecule has 1 spiro atoms. The summed E-state index contributed by atoms with van der Waals surface area (Å²) >= 11 is 0. The van der Waals surface area contributed by atoms with Crippen molar-refractivity contribution < 1.29 is 14.3 Å². The van der Waals surface area contributed by atoms with Crippen molar-refractivity contribution in [3.05, 3.63) is 34.9 Å². The summed E-state index contributed by atoms with van der Waals surface area (Å²) in [6.07, 6.45) is 4.60. The Morgan fingerprint density at radius 1 is 1.29 bits per heavy atom. The fourth-order valence-electron chi connectivity index (χ4n) is 3.77. The van der Waals surface area contributed by atoms with Crippen molar-refractivity contribution >= 4 is 11.9 Å². The monoisotopic (exact) mass is 287 g/mol. The molecule has 1 aliphatic heterocycles. The highest BCUT2D eigenvalue weighted by Gasteiger charge is 2.44. The topological polar surface area (TPSA) is 46.6 Å². The molecule has 0 aromatic heterocycles. The maximum absolute atomic E-state index is 12.6. The average Bonchev–Trinajstić information content (AvgIpc) is 2.51. The van der Waals surface area contributed by atoms with Crippen molar-refractivity contribution in [2.24, 2.45) is 5.41 Å². The molecule has 1 unspecified atom stereocenters. The second-order valence-electron chi connectivity index (χ2n) is 6.26. The average molecular weight is 287 g/mol. The third kappa shape index (κ3) is 2.33. The van der Waals surface area contributed by atoms with Crippen LogP contribution in [0.1, 0.15) is 40.7 Å². The third-order valence-electron chi connectivity index (χ3n) is 4.98. The summed E-state index contributed by atoms with van der Waals surface area (Å²) in [5, 5.41) is 0. The molecule has 1 aromatic carbocycles. The number of fused-ring (bicyclic) bond motifs is 1. The summed E-state index contributed by atoms with van der Waals surface area (Å²) in [7, 11) is 3.30. The smallest absolute Gasteiger partial charge is 0.337 e. The van der Waals surface area contributed by atoms with Gasteiger partial charge in [-0.1, -0.05) is 6.07 Å². The van der Waals surface area contributed by atoms with Gasteiger partial charge in [-0.15, -0.1) is 0 Å². The first-order chi connectivity index (χ1) is 10.1. The molecular weight excluding hydrogens is 266 g/mol. The Balaban J connectivity index is 1.89. The molecule has 3 rings (SSSR count). The molecule has 2 aliphatic rings. The van der Waals surface area contributed by atoms with Crippen molar-refractivity contribution in [1.82, 2.24) is 4.90 Å². The molecule has 4 heteroatoms. The van der Waals surface area contributed by atoms with E-state index in [4.69, 9.17) is 4.74 Å². The molecule has 21 heavy (non-hydrogen) atoms. The number of carbonyl (C=O) groups is 2. The lowest BCUT2D eigenvalue weighted by molar-refractivity contribution is -0.145. The van der Waals surface area contributed by atoms with E-state index in [0.29, 0.717) is 5.56 Å². The lowest BCUT2D eigenvalue weighted by atomic mass is 9.66. The quantitative estimate of drug-likeness (QED) is 0.744. The van der Waals surface area contributed by atoms with Crippen LogP contribution in [-0.4, -0.2) is 37.5 Å². The van der Waals surface area contributed by atoms with Crippen molar-refractivity contribution in [1.29, 1.82) is 0 Å². The molecule has 1 heterocycles. The Hall–Kier alpha value is -1.84. The van der Waals surface area contributed by atoms with Crippen molar-refractivity contribution in [2.75, 3.05) is 20.7 Å². The normalized spacial score (nSPS) is 24.9. The van der Waals surface area contributed by atoms with E-state index in [0.717, 1.165) is 38.6 Å². The predicted octanol–water partition coefficient (Wildman–Crippen LogP) is 2.20. The van der Waals surface area contributed by atoms with Gasteiger partial charge in [-0.3, -0.25) is 4.79 Å². The van der Waals surface area contributed by atoms with E-state index in [1.165, 1.54) is 18.2 Å². The number of carbonyl (C=O) groups excluding carboxylic acids is 2. The number of ether oxygens (including phenoxy) is 1. The van der Waals surface area contributed by atoms with Gasteiger partial charge in [0.25, 0.3) is 0 Å². The lowest BCUT2D eigenvalue weighted by Gasteiger charge is -2.43. The number of aryl methyl sites for hydroxylation is 1. The standard InChI is InChI=1S/C17H21NO3/c1-18-9-3-7-17(16(18)20)8-6-12-10-13(15(19)21-2)4-5-14(12)11-17/h4-5,10H,3,6-9,11H2,1-2H3. The summed E-state index contributed by atoms with van der Waals surface area (Å²) in [5.74, 6) is -0.0111. The zero-order valence-corrected chi connectivity index (χ0v) is 12.6. The Morgan fingerprint density at radius 2 is 2.10 bits per heavy atom. The van der Waals surface area contributed by atoms with E-state index in [1.807, 2.05) is 24.1 Å². The molecule has 0 saturated carbocycles. The van der Waals surface area contributed by atoms with E-state index in [2.05, 4.69) is 0 Å². The Kier molecular flexibility index (Phi) is 3.47. The van der Waals surface area contributed by atoms with E-state index in [-0.39, 0.29) is 17.3 Å². The summed E-state index contributed by atoms with van der Waals surface area (Å²) in [6.45, 7) is 0.870. The van der Waals surface area contributed by atoms with Crippen LogP contribution in [0.5, 0.6) is 0 Å². The van der Waals surface area contributed by atoms with Crippen LogP contribution in [0.4, 0.5) is 0 Å². The van der Waals surface area contributed by atoms with Crippen molar-refractivity contribution in [3.8, 4) is 0 Å². The molecule has 0 radical (unpaired) electrons. The van der Waals surface area contributed by atoms with Gasteiger partial charge in [0.15, 0.2) is 0 Å². The van der Waals surface area contributed by atoms with Crippen molar-refractivity contribution in [3.63, 3.8) is 0 Å². The molecule has 112 valence electrons. The minimum atomic E-state index is -0.299. The van der Waals surface area contributed by atoms with E-state index in [9.17, 15) is 9.59 Å². The number of esters is 1. The molecule has 4 nitrogen and oxygen atoms in total. The van der Waals surface area contributed by atoms with Crippen LogP contribution >= 0.6 is 0 Å². The van der Waals surface area contributed by atoms with Gasteiger partial charge in [0.05, 0.1) is 18.1 Å². The third-order valence-corrected chi connectivity index (χ3v) is 4.98. The summed E-state index contributed by atoms with van der Waals surface area (Å²) < 4.78 is 4.77. The maximum atomic E-state index is 12.6. The van der Waals surface area contributed by atoms with E-state index < -0.39 is 0 Å². The number of rotatable bonds is 1. The minimum absolute atomic E-state index is 0.215. The first-order valence-electron chi connectivity index (χ1n) is 7.51. The number of amides is 1. The van der Waals surface area contributed by atoms with Gasteiger partial charge in [-0.05, 0) is 55.4 Å².